The van der Waals surface area contributed by atoms with Crippen molar-refractivity contribution < 1.29 is 19.5 Å². The van der Waals surface area contributed by atoms with E-state index in [9.17, 15) is 14.4 Å². The van der Waals surface area contributed by atoms with Gasteiger partial charge in [-0.3, -0.25) is 14.4 Å². The number of para-hydroxylation sites is 1. The lowest BCUT2D eigenvalue weighted by Gasteiger charge is -2.05. The van der Waals surface area contributed by atoms with Crippen molar-refractivity contribution in [3.63, 3.8) is 0 Å². The number of nitrogens with one attached hydrogen (secondary N) is 3. The molecule has 4 N–H and O–H groups in total. The largest absolute Gasteiger partial charge is 0.395 e. The molecule has 0 aliphatic rings. The SMILES string of the molecule is C/C(CC(=O)Nc1ccccc1)=N/NC(=O)C(=O)NCCO. The summed E-state index contributed by atoms with van der Waals surface area (Å²) in [5.74, 6) is -2.15. The maximum absolute atomic E-state index is 11.7. The van der Waals surface area contributed by atoms with Gasteiger partial charge in [-0.25, -0.2) is 5.43 Å². The van der Waals surface area contributed by atoms with Crippen LogP contribution in [-0.4, -0.2) is 41.7 Å². The standard InChI is InChI=1S/C14H18N4O4/c1-10(17-18-14(22)13(21)15-7-8-19)9-12(20)16-11-5-3-2-4-6-11/h2-6,19H,7-9H2,1H3,(H,15,21)(H,16,20)(H,18,22)/b17-10-. The van der Waals surface area contributed by atoms with Crippen molar-refractivity contribution in [2.24, 2.45) is 5.10 Å². The molecule has 8 heteroatoms. The molecule has 0 bridgehead atoms. The molecule has 0 unspecified atom stereocenters. The molecule has 118 valence electrons. The van der Waals surface area contributed by atoms with Crippen LogP contribution in [0.3, 0.4) is 0 Å². The van der Waals surface area contributed by atoms with Crippen LogP contribution in [0.4, 0.5) is 5.69 Å². The number of carbonyl (C=O) groups excluding carboxylic acids is 3. The fourth-order valence-corrected chi connectivity index (χ4v) is 1.45. The monoisotopic (exact) mass is 306 g/mol. The minimum atomic E-state index is -0.962. The predicted molar refractivity (Wildman–Crippen MR) is 81.0 cm³/mol. The normalized spacial score (nSPS) is 10.7. The summed E-state index contributed by atoms with van der Waals surface area (Å²) in [4.78, 5) is 34.2. The summed E-state index contributed by atoms with van der Waals surface area (Å²) < 4.78 is 0. The third kappa shape index (κ3) is 6.62. The van der Waals surface area contributed by atoms with Gasteiger partial charge in [-0.1, -0.05) is 18.2 Å². The van der Waals surface area contributed by atoms with Gasteiger partial charge in [0.05, 0.1) is 13.0 Å². The van der Waals surface area contributed by atoms with Crippen LogP contribution in [0, 0.1) is 0 Å². The summed E-state index contributed by atoms with van der Waals surface area (Å²) in [7, 11) is 0. The zero-order chi connectivity index (χ0) is 16.4. The first-order valence-corrected chi connectivity index (χ1v) is 6.60. The van der Waals surface area contributed by atoms with Crippen LogP contribution < -0.4 is 16.1 Å². The quantitative estimate of drug-likeness (QED) is 0.325. The molecular weight excluding hydrogens is 288 g/mol. The van der Waals surface area contributed by atoms with Crippen LogP contribution in [0.5, 0.6) is 0 Å². The van der Waals surface area contributed by atoms with Gasteiger partial charge >= 0.3 is 11.8 Å². The summed E-state index contributed by atoms with van der Waals surface area (Å²) in [6.07, 6.45) is -0.0204. The van der Waals surface area contributed by atoms with Gasteiger partial charge in [0, 0.05) is 17.9 Å². The van der Waals surface area contributed by atoms with Gasteiger partial charge in [-0.15, -0.1) is 0 Å². The van der Waals surface area contributed by atoms with Crippen LogP contribution in [-0.2, 0) is 14.4 Å². The Labute approximate surface area is 127 Å². The van der Waals surface area contributed by atoms with E-state index in [1.807, 2.05) is 11.5 Å². The first-order valence-electron chi connectivity index (χ1n) is 6.60. The summed E-state index contributed by atoms with van der Waals surface area (Å²) in [6, 6.07) is 8.92. The number of nitrogens with zero attached hydrogens (tertiary/aromatic N) is 1. The molecule has 3 amide bonds. The first kappa shape index (κ1) is 17.3. The van der Waals surface area contributed by atoms with Gasteiger partial charge in [-0.05, 0) is 19.1 Å². The highest BCUT2D eigenvalue weighted by atomic mass is 16.3. The Bertz CT molecular complexity index is 557. The third-order valence-corrected chi connectivity index (χ3v) is 2.43. The van der Waals surface area contributed by atoms with E-state index in [0.717, 1.165) is 0 Å². The van der Waals surface area contributed by atoms with E-state index in [4.69, 9.17) is 5.11 Å². The average Bonchev–Trinajstić information content (AvgIpc) is 2.51. The predicted octanol–water partition coefficient (Wildman–Crippen LogP) is -0.384. The Morgan fingerprint density at radius 1 is 1.14 bits per heavy atom. The molecule has 0 saturated carbocycles. The van der Waals surface area contributed by atoms with Crippen LogP contribution in [0.2, 0.25) is 0 Å². The van der Waals surface area contributed by atoms with Gasteiger partial charge in [0.25, 0.3) is 0 Å². The number of rotatable bonds is 6. The number of hydrogen-bond donors (Lipinski definition) is 4. The second-order valence-corrected chi connectivity index (χ2v) is 4.36. The smallest absolute Gasteiger partial charge is 0.329 e. The second kappa shape index (κ2) is 9.24. The number of benzene rings is 1. The van der Waals surface area contributed by atoms with Gasteiger partial charge in [-0.2, -0.15) is 5.10 Å². The Kier molecular flexibility index (Phi) is 7.27. The van der Waals surface area contributed by atoms with E-state index >= 15 is 0 Å². The molecule has 0 radical (unpaired) electrons. The lowest BCUT2D eigenvalue weighted by molar-refractivity contribution is -0.139. The van der Waals surface area contributed by atoms with E-state index in [-0.39, 0.29) is 25.5 Å². The maximum atomic E-state index is 11.7. The minimum Gasteiger partial charge on any atom is -0.395 e. The van der Waals surface area contributed by atoms with Gasteiger partial charge < -0.3 is 15.7 Å². The first-order chi connectivity index (χ1) is 10.5. The van der Waals surface area contributed by atoms with E-state index in [2.05, 4.69) is 15.7 Å². The highest BCUT2D eigenvalue weighted by Gasteiger charge is 2.12. The summed E-state index contributed by atoms with van der Waals surface area (Å²) in [6.45, 7) is 1.27. The molecule has 0 aliphatic carbocycles. The highest BCUT2D eigenvalue weighted by molar-refractivity contribution is 6.35. The highest BCUT2D eigenvalue weighted by Crippen LogP contribution is 2.05. The van der Waals surface area contributed by atoms with Crippen molar-refractivity contribution in [1.29, 1.82) is 0 Å². The van der Waals surface area contributed by atoms with Crippen LogP contribution in [0.1, 0.15) is 13.3 Å². The summed E-state index contributed by atoms with van der Waals surface area (Å²) in [5, 5.41) is 17.0. The van der Waals surface area contributed by atoms with Crippen LogP contribution >= 0.6 is 0 Å². The number of aliphatic hydroxyl groups is 1. The van der Waals surface area contributed by atoms with Gasteiger partial charge in [0.1, 0.15) is 0 Å². The molecule has 0 fully saturated rings. The van der Waals surface area contributed by atoms with Crippen molar-refractivity contribution in [2.75, 3.05) is 18.5 Å². The number of hydrogen-bond acceptors (Lipinski definition) is 5. The average molecular weight is 306 g/mol. The van der Waals surface area contributed by atoms with Crippen molar-refractivity contribution in [3.05, 3.63) is 30.3 Å². The van der Waals surface area contributed by atoms with E-state index in [1.165, 1.54) is 0 Å². The number of anilines is 1. The fourth-order valence-electron chi connectivity index (χ4n) is 1.45. The molecule has 1 aromatic carbocycles. The third-order valence-electron chi connectivity index (χ3n) is 2.43. The lowest BCUT2D eigenvalue weighted by atomic mass is 10.2. The Morgan fingerprint density at radius 3 is 2.45 bits per heavy atom. The second-order valence-electron chi connectivity index (χ2n) is 4.36. The zero-order valence-corrected chi connectivity index (χ0v) is 12.1. The molecular formula is C14H18N4O4. The van der Waals surface area contributed by atoms with Crippen LogP contribution in [0.25, 0.3) is 0 Å². The topological polar surface area (TPSA) is 120 Å². The van der Waals surface area contributed by atoms with Crippen molar-refractivity contribution >= 4 is 29.1 Å². The lowest BCUT2D eigenvalue weighted by Crippen LogP contribution is -2.39. The molecule has 0 atom stereocenters. The van der Waals surface area contributed by atoms with E-state index in [1.54, 1.807) is 31.2 Å². The molecule has 22 heavy (non-hydrogen) atoms. The molecule has 1 aromatic rings. The van der Waals surface area contributed by atoms with Gasteiger partial charge in [0.2, 0.25) is 5.91 Å². The van der Waals surface area contributed by atoms with Crippen molar-refractivity contribution in [2.45, 2.75) is 13.3 Å². The number of amides is 3. The Balaban J connectivity index is 2.40. The summed E-state index contributed by atoms with van der Waals surface area (Å²) >= 11 is 0. The molecule has 8 nitrogen and oxygen atoms in total. The number of hydrazone groups is 1. The van der Waals surface area contributed by atoms with Crippen molar-refractivity contribution in [1.82, 2.24) is 10.7 Å². The number of aliphatic hydroxyl groups excluding tert-OH is 1. The molecule has 0 aromatic heterocycles. The van der Waals surface area contributed by atoms with Crippen LogP contribution in [0.15, 0.2) is 35.4 Å². The molecule has 0 heterocycles. The molecule has 0 saturated heterocycles. The molecule has 1 rings (SSSR count). The number of carbonyl (C=O) groups is 3. The van der Waals surface area contributed by atoms with E-state index < -0.39 is 11.8 Å². The maximum Gasteiger partial charge on any atom is 0.329 e. The van der Waals surface area contributed by atoms with Gasteiger partial charge in [0.15, 0.2) is 0 Å². The van der Waals surface area contributed by atoms with E-state index in [0.29, 0.717) is 11.4 Å². The molecule has 0 aliphatic heterocycles. The van der Waals surface area contributed by atoms with Crippen molar-refractivity contribution in [3.8, 4) is 0 Å². The zero-order valence-electron chi connectivity index (χ0n) is 12.1. The molecule has 0 spiro atoms. The Hall–Kier alpha value is -2.74. The summed E-state index contributed by atoms with van der Waals surface area (Å²) in [5.41, 5.74) is 3.04. The Morgan fingerprint density at radius 2 is 1.82 bits per heavy atom. The minimum absolute atomic E-state index is 0.0194. The fraction of sp³-hybridized carbons (Fsp3) is 0.286.